The van der Waals surface area contributed by atoms with E-state index in [-0.39, 0.29) is 0 Å². The molecule has 2 aromatic carbocycles. The minimum atomic E-state index is 0.399. The van der Waals surface area contributed by atoms with Crippen LogP contribution in [-0.4, -0.2) is 6.21 Å². The summed E-state index contributed by atoms with van der Waals surface area (Å²) in [4.78, 5) is 6.19. The van der Waals surface area contributed by atoms with Crippen LogP contribution in [0.15, 0.2) is 53.7 Å². The lowest BCUT2D eigenvalue weighted by molar-refractivity contribution is 0.132. The quantitative estimate of drug-likeness (QED) is 0.438. The van der Waals surface area contributed by atoms with E-state index in [1.54, 1.807) is 17.6 Å². The molecule has 2 nitrogen and oxygen atoms in total. The Bertz CT molecular complexity index is 781. The second-order valence-electron chi connectivity index (χ2n) is 4.41. The summed E-state index contributed by atoms with van der Waals surface area (Å²) < 4.78 is 1.14. The summed E-state index contributed by atoms with van der Waals surface area (Å²) in [7, 11) is 0. The molecule has 5 heteroatoms. The summed E-state index contributed by atoms with van der Waals surface area (Å²) in [6.45, 7) is 0.399. The smallest absolute Gasteiger partial charge is 0.142 e. The Morgan fingerprint density at radius 3 is 2.57 bits per heavy atom. The molecule has 0 atom stereocenters. The van der Waals surface area contributed by atoms with Gasteiger partial charge in [-0.05, 0) is 23.8 Å². The van der Waals surface area contributed by atoms with Crippen molar-refractivity contribution in [3.63, 3.8) is 0 Å². The van der Waals surface area contributed by atoms with Crippen molar-refractivity contribution in [3.8, 4) is 0 Å². The molecule has 21 heavy (non-hydrogen) atoms. The van der Waals surface area contributed by atoms with E-state index in [2.05, 4.69) is 5.16 Å². The zero-order valence-corrected chi connectivity index (χ0v) is 13.3. The summed E-state index contributed by atoms with van der Waals surface area (Å²) in [6.07, 6.45) is 1.66. The maximum absolute atomic E-state index is 6.32. The van der Waals surface area contributed by atoms with E-state index in [1.165, 1.54) is 0 Å². The van der Waals surface area contributed by atoms with Gasteiger partial charge in [-0.3, -0.25) is 0 Å². The molecule has 3 aromatic rings. The first-order chi connectivity index (χ1) is 10.2. The predicted molar refractivity (Wildman–Crippen MR) is 90.7 cm³/mol. The monoisotopic (exact) mass is 335 g/mol. The van der Waals surface area contributed by atoms with E-state index in [0.29, 0.717) is 11.6 Å². The first-order valence-corrected chi connectivity index (χ1v) is 7.88. The molecule has 0 unspecified atom stereocenters. The molecule has 0 saturated carbocycles. The highest BCUT2D eigenvalue weighted by molar-refractivity contribution is 7.21. The van der Waals surface area contributed by atoms with Crippen LogP contribution in [-0.2, 0) is 11.4 Å². The van der Waals surface area contributed by atoms with Crippen LogP contribution in [0.5, 0.6) is 0 Å². The Kier molecular flexibility index (Phi) is 4.44. The van der Waals surface area contributed by atoms with Gasteiger partial charge in [0.05, 0.1) is 16.1 Å². The Balaban J connectivity index is 1.67. The van der Waals surface area contributed by atoms with Gasteiger partial charge < -0.3 is 4.84 Å². The molecule has 0 aliphatic rings. The van der Waals surface area contributed by atoms with Crippen LogP contribution < -0.4 is 0 Å². The van der Waals surface area contributed by atoms with Gasteiger partial charge in [-0.15, -0.1) is 11.3 Å². The van der Waals surface area contributed by atoms with Crippen LogP contribution in [0.3, 0.4) is 0 Å². The van der Waals surface area contributed by atoms with Crippen LogP contribution >= 0.6 is 34.5 Å². The average Bonchev–Trinajstić information content (AvgIpc) is 2.82. The third kappa shape index (κ3) is 3.38. The van der Waals surface area contributed by atoms with Crippen molar-refractivity contribution in [3.05, 3.63) is 69.0 Å². The van der Waals surface area contributed by atoms with Gasteiger partial charge in [0, 0.05) is 15.1 Å². The largest absolute Gasteiger partial charge is 0.391 e. The maximum atomic E-state index is 6.32. The van der Waals surface area contributed by atoms with Gasteiger partial charge in [-0.25, -0.2) is 0 Å². The fourth-order valence-electron chi connectivity index (χ4n) is 1.89. The number of nitrogens with zero attached hydrogens (tertiary/aromatic N) is 1. The molecule has 0 bridgehead atoms. The summed E-state index contributed by atoms with van der Waals surface area (Å²) >= 11 is 13.7. The lowest BCUT2D eigenvalue weighted by Crippen LogP contribution is -1.87. The number of oxime groups is 1. The number of benzene rings is 2. The van der Waals surface area contributed by atoms with E-state index in [4.69, 9.17) is 28.0 Å². The standard InChI is InChI=1S/C16H11Cl2NOS/c17-12-7-5-11(6-8-12)10-20-19-9-15-16(18)13-3-1-2-4-14(13)21-15/h1-9H,10H2/b19-9-. The first kappa shape index (κ1) is 14.4. The predicted octanol–water partition coefficient (Wildman–Crippen LogP) is 5.76. The van der Waals surface area contributed by atoms with Gasteiger partial charge in [0.25, 0.3) is 0 Å². The molecule has 0 N–H and O–H groups in total. The number of halogens is 2. The van der Waals surface area contributed by atoms with Crippen LogP contribution in [0.2, 0.25) is 10.0 Å². The van der Waals surface area contributed by atoms with Crippen LogP contribution in [0, 0.1) is 0 Å². The van der Waals surface area contributed by atoms with Gasteiger partial charge in [-0.1, -0.05) is 58.7 Å². The maximum Gasteiger partial charge on any atom is 0.142 e. The topological polar surface area (TPSA) is 21.6 Å². The van der Waals surface area contributed by atoms with E-state index < -0.39 is 0 Å². The molecule has 0 radical (unpaired) electrons. The molecule has 0 spiro atoms. The van der Waals surface area contributed by atoms with Gasteiger partial charge in [0.2, 0.25) is 0 Å². The Morgan fingerprint density at radius 2 is 1.81 bits per heavy atom. The van der Waals surface area contributed by atoms with Crippen LogP contribution in [0.1, 0.15) is 10.4 Å². The van der Waals surface area contributed by atoms with E-state index >= 15 is 0 Å². The van der Waals surface area contributed by atoms with Gasteiger partial charge in [-0.2, -0.15) is 0 Å². The zero-order valence-electron chi connectivity index (χ0n) is 10.9. The highest BCUT2D eigenvalue weighted by atomic mass is 35.5. The molecule has 0 amide bonds. The lowest BCUT2D eigenvalue weighted by Gasteiger charge is -1.99. The highest BCUT2D eigenvalue weighted by Crippen LogP contribution is 2.33. The van der Waals surface area contributed by atoms with Crippen molar-refractivity contribution in [2.24, 2.45) is 5.16 Å². The fraction of sp³-hybridized carbons (Fsp3) is 0.0625. The molecule has 0 saturated heterocycles. The summed E-state index contributed by atoms with van der Waals surface area (Å²) in [5, 5.41) is 6.45. The molecular formula is C16H11Cl2NOS. The van der Waals surface area contributed by atoms with Gasteiger partial charge in [0.1, 0.15) is 6.61 Å². The SMILES string of the molecule is Clc1ccc(CO/N=C\c2sc3ccccc3c2Cl)cc1. The second-order valence-corrected chi connectivity index (χ2v) is 6.31. The molecule has 0 aliphatic carbocycles. The summed E-state index contributed by atoms with van der Waals surface area (Å²) in [6, 6.07) is 15.5. The van der Waals surface area contributed by atoms with Crippen molar-refractivity contribution in [1.82, 2.24) is 0 Å². The molecule has 0 aliphatic heterocycles. The van der Waals surface area contributed by atoms with Crippen molar-refractivity contribution in [1.29, 1.82) is 0 Å². The normalized spacial score (nSPS) is 11.3. The van der Waals surface area contributed by atoms with Gasteiger partial charge >= 0.3 is 0 Å². The molecule has 3 rings (SSSR count). The van der Waals surface area contributed by atoms with E-state index in [9.17, 15) is 0 Å². The van der Waals surface area contributed by atoms with E-state index in [1.807, 2.05) is 48.5 Å². The summed E-state index contributed by atoms with van der Waals surface area (Å²) in [5.41, 5.74) is 1.01. The van der Waals surface area contributed by atoms with Crippen molar-refractivity contribution in [2.45, 2.75) is 6.61 Å². The molecule has 0 fully saturated rings. The minimum absolute atomic E-state index is 0.399. The number of rotatable bonds is 4. The van der Waals surface area contributed by atoms with Crippen LogP contribution in [0.25, 0.3) is 10.1 Å². The Labute approximate surface area is 136 Å². The third-order valence-corrected chi connectivity index (χ3v) is 4.83. The minimum Gasteiger partial charge on any atom is -0.391 e. The number of hydrogen-bond donors (Lipinski definition) is 0. The molecule has 1 heterocycles. The van der Waals surface area contributed by atoms with Crippen molar-refractivity contribution in [2.75, 3.05) is 0 Å². The number of fused-ring (bicyclic) bond motifs is 1. The average molecular weight is 336 g/mol. The van der Waals surface area contributed by atoms with Crippen LogP contribution in [0.4, 0.5) is 0 Å². The summed E-state index contributed by atoms with van der Waals surface area (Å²) in [5.74, 6) is 0. The molecule has 1 aromatic heterocycles. The Morgan fingerprint density at radius 1 is 1.05 bits per heavy atom. The first-order valence-electron chi connectivity index (χ1n) is 6.31. The highest BCUT2D eigenvalue weighted by Gasteiger charge is 2.07. The molecular weight excluding hydrogens is 325 g/mol. The number of thiophene rings is 1. The second kappa shape index (κ2) is 6.48. The van der Waals surface area contributed by atoms with Crippen molar-refractivity contribution >= 4 is 50.8 Å². The molecule has 106 valence electrons. The van der Waals surface area contributed by atoms with E-state index in [0.717, 1.165) is 25.5 Å². The lowest BCUT2D eigenvalue weighted by atomic mass is 10.2. The fourth-order valence-corrected chi connectivity index (χ4v) is 3.36. The third-order valence-electron chi connectivity index (χ3n) is 2.95. The zero-order chi connectivity index (χ0) is 14.7. The van der Waals surface area contributed by atoms with Gasteiger partial charge in [0.15, 0.2) is 0 Å². The Hall–Kier alpha value is -1.55. The van der Waals surface area contributed by atoms with Crippen molar-refractivity contribution < 1.29 is 4.84 Å². The number of hydrogen-bond acceptors (Lipinski definition) is 3.